The molecule has 2 atom stereocenters. The Hall–Kier alpha value is -1.10. The number of hydrogen-bond donors (Lipinski definition) is 2. The number of nitrogens with one attached hydrogen (secondary N) is 1. The Labute approximate surface area is 109 Å². The first-order chi connectivity index (χ1) is 8.38. The van der Waals surface area contributed by atoms with Crippen LogP contribution in [0.4, 0.5) is 0 Å². The maximum absolute atomic E-state index is 11.7. The SMILES string of the molecule is CC1CC(NC(=O)C(C)C)CN(CCC(=O)O)C1. The third-order valence-electron chi connectivity index (χ3n) is 3.25. The molecule has 0 bridgehead atoms. The zero-order valence-corrected chi connectivity index (χ0v) is 11.5. The summed E-state index contributed by atoms with van der Waals surface area (Å²) in [5.74, 6) is -0.206. The Kier molecular flexibility index (Phi) is 5.59. The first-order valence-corrected chi connectivity index (χ1v) is 6.63. The maximum Gasteiger partial charge on any atom is 0.304 e. The van der Waals surface area contributed by atoms with E-state index in [0.29, 0.717) is 12.5 Å². The van der Waals surface area contributed by atoms with Crippen LogP contribution in [0.3, 0.4) is 0 Å². The molecular weight excluding hydrogens is 232 g/mol. The second kappa shape index (κ2) is 6.73. The fraction of sp³-hybridized carbons (Fsp3) is 0.846. The molecule has 0 aliphatic carbocycles. The number of hydrogen-bond acceptors (Lipinski definition) is 3. The molecule has 1 aliphatic heterocycles. The van der Waals surface area contributed by atoms with Gasteiger partial charge >= 0.3 is 5.97 Å². The number of piperidine rings is 1. The lowest BCUT2D eigenvalue weighted by Gasteiger charge is -2.36. The number of carbonyl (C=O) groups is 2. The van der Waals surface area contributed by atoms with Gasteiger partial charge in [0.1, 0.15) is 0 Å². The molecule has 0 spiro atoms. The summed E-state index contributed by atoms with van der Waals surface area (Å²) in [6.07, 6.45) is 1.14. The first kappa shape index (κ1) is 15.0. The standard InChI is InChI=1S/C13H24N2O3/c1-9(2)13(18)14-11-6-10(3)7-15(8-11)5-4-12(16)17/h9-11H,4-8H2,1-3H3,(H,14,18)(H,16,17). The highest BCUT2D eigenvalue weighted by Crippen LogP contribution is 2.17. The predicted octanol–water partition coefficient (Wildman–Crippen LogP) is 0.944. The number of nitrogens with zero attached hydrogens (tertiary/aromatic N) is 1. The number of carboxylic acid groups (broad SMARTS) is 1. The lowest BCUT2D eigenvalue weighted by molar-refractivity contribution is -0.137. The van der Waals surface area contributed by atoms with Crippen LogP contribution in [0.2, 0.25) is 0 Å². The quantitative estimate of drug-likeness (QED) is 0.768. The highest BCUT2D eigenvalue weighted by molar-refractivity contribution is 5.78. The number of rotatable bonds is 5. The van der Waals surface area contributed by atoms with E-state index in [9.17, 15) is 9.59 Å². The average molecular weight is 256 g/mol. The largest absolute Gasteiger partial charge is 0.481 e. The van der Waals surface area contributed by atoms with Crippen LogP contribution in [0, 0.1) is 11.8 Å². The first-order valence-electron chi connectivity index (χ1n) is 6.63. The normalized spacial score (nSPS) is 25.1. The van der Waals surface area contributed by atoms with Gasteiger partial charge in [-0.1, -0.05) is 20.8 Å². The summed E-state index contributed by atoms with van der Waals surface area (Å²) in [6.45, 7) is 8.14. The van der Waals surface area contributed by atoms with E-state index in [0.717, 1.165) is 19.5 Å². The van der Waals surface area contributed by atoms with Gasteiger partial charge in [-0.3, -0.25) is 9.59 Å². The molecule has 0 radical (unpaired) electrons. The highest BCUT2D eigenvalue weighted by Gasteiger charge is 2.26. The van der Waals surface area contributed by atoms with Gasteiger partial charge in [0.2, 0.25) is 5.91 Å². The monoisotopic (exact) mass is 256 g/mol. The molecule has 2 unspecified atom stereocenters. The summed E-state index contributed by atoms with van der Waals surface area (Å²) in [7, 11) is 0. The van der Waals surface area contributed by atoms with Crippen molar-refractivity contribution < 1.29 is 14.7 Å². The van der Waals surface area contributed by atoms with Crippen molar-refractivity contribution in [1.82, 2.24) is 10.2 Å². The predicted molar refractivity (Wildman–Crippen MR) is 69.2 cm³/mol. The molecule has 5 nitrogen and oxygen atoms in total. The van der Waals surface area contributed by atoms with Gasteiger partial charge in [0.15, 0.2) is 0 Å². The van der Waals surface area contributed by atoms with Crippen LogP contribution in [0.1, 0.15) is 33.6 Å². The van der Waals surface area contributed by atoms with Crippen molar-refractivity contribution in [1.29, 1.82) is 0 Å². The Morgan fingerprint density at radius 2 is 2.06 bits per heavy atom. The number of aliphatic carboxylic acids is 1. The second-order valence-corrected chi connectivity index (χ2v) is 5.60. The van der Waals surface area contributed by atoms with Gasteiger partial charge in [-0.05, 0) is 12.3 Å². The minimum atomic E-state index is -0.768. The summed E-state index contributed by atoms with van der Waals surface area (Å²) >= 11 is 0. The van der Waals surface area contributed by atoms with Crippen molar-refractivity contribution in [2.24, 2.45) is 11.8 Å². The molecule has 1 fully saturated rings. The van der Waals surface area contributed by atoms with E-state index >= 15 is 0 Å². The van der Waals surface area contributed by atoms with Crippen LogP contribution >= 0.6 is 0 Å². The molecular formula is C13H24N2O3. The minimum Gasteiger partial charge on any atom is -0.481 e. The van der Waals surface area contributed by atoms with E-state index < -0.39 is 5.97 Å². The van der Waals surface area contributed by atoms with E-state index in [4.69, 9.17) is 5.11 Å². The van der Waals surface area contributed by atoms with Crippen molar-refractivity contribution in [3.63, 3.8) is 0 Å². The molecule has 0 aromatic heterocycles. The number of carbonyl (C=O) groups excluding carboxylic acids is 1. The van der Waals surface area contributed by atoms with E-state index in [1.54, 1.807) is 0 Å². The molecule has 1 aliphatic rings. The summed E-state index contributed by atoms with van der Waals surface area (Å²) in [4.78, 5) is 24.4. The third-order valence-corrected chi connectivity index (χ3v) is 3.25. The molecule has 1 heterocycles. The molecule has 1 saturated heterocycles. The summed E-state index contributed by atoms with van der Waals surface area (Å²) in [5, 5.41) is 11.7. The summed E-state index contributed by atoms with van der Waals surface area (Å²) in [5.41, 5.74) is 0. The van der Waals surface area contributed by atoms with Gasteiger partial charge in [-0.25, -0.2) is 0 Å². The fourth-order valence-corrected chi connectivity index (χ4v) is 2.37. The van der Waals surface area contributed by atoms with Gasteiger partial charge in [0.25, 0.3) is 0 Å². The molecule has 2 N–H and O–H groups in total. The maximum atomic E-state index is 11.7. The van der Waals surface area contributed by atoms with E-state index in [2.05, 4.69) is 17.1 Å². The molecule has 104 valence electrons. The van der Waals surface area contributed by atoms with E-state index in [1.807, 2.05) is 13.8 Å². The van der Waals surface area contributed by atoms with Crippen molar-refractivity contribution in [2.75, 3.05) is 19.6 Å². The van der Waals surface area contributed by atoms with Crippen LogP contribution in [0.5, 0.6) is 0 Å². The molecule has 18 heavy (non-hydrogen) atoms. The van der Waals surface area contributed by atoms with Crippen molar-refractivity contribution in [3.05, 3.63) is 0 Å². The number of amides is 1. The Morgan fingerprint density at radius 3 is 2.61 bits per heavy atom. The lowest BCUT2D eigenvalue weighted by Crippen LogP contribution is -2.51. The zero-order valence-electron chi connectivity index (χ0n) is 11.5. The number of likely N-dealkylation sites (tertiary alicyclic amines) is 1. The fourth-order valence-electron chi connectivity index (χ4n) is 2.37. The smallest absolute Gasteiger partial charge is 0.304 e. The molecule has 0 aromatic rings. The Morgan fingerprint density at radius 1 is 1.39 bits per heavy atom. The van der Waals surface area contributed by atoms with Crippen LogP contribution < -0.4 is 5.32 Å². The third kappa shape index (κ3) is 5.04. The van der Waals surface area contributed by atoms with Gasteiger partial charge in [0.05, 0.1) is 6.42 Å². The van der Waals surface area contributed by atoms with Crippen LogP contribution in [0.15, 0.2) is 0 Å². The van der Waals surface area contributed by atoms with Gasteiger partial charge < -0.3 is 15.3 Å². The van der Waals surface area contributed by atoms with Gasteiger partial charge in [0, 0.05) is 31.6 Å². The van der Waals surface area contributed by atoms with Crippen LogP contribution in [0.25, 0.3) is 0 Å². The van der Waals surface area contributed by atoms with Crippen LogP contribution in [-0.2, 0) is 9.59 Å². The van der Waals surface area contributed by atoms with E-state index in [1.165, 1.54) is 0 Å². The van der Waals surface area contributed by atoms with E-state index in [-0.39, 0.29) is 24.3 Å². The highest BCUT2D eigenvalue weighted by atomic mass is 16.4. The lowest BCUT2D eigenvalue weighted by atomic mass is 9.95. The molecule has 0 saturated carbocycles. The van der Waals surface area contributed by atoms with Crippen molar-refractivity contribution in [2.45, 2.75) is 39.7 Å². The average Bonchev–Trinajstić information content (AvgIpc) is 2.25. The van der Waals surface area contributed by atoms with Crippen LogP contribution in [-0.4, -0.2) is 47.6 Å². The Balaban J connectivity index is 2.45. The Bertz CT molecular complexity index is 305. The van der Waals surface area contributed by atoms with Crippen molar-refractivity contribution in [3.8, 4) is 0 Å². The minimum absolute atomic E-state index is 0.00491. The summed E-state index contributed by atoms with van der Waals surface area (Å²) < 4.78 is 0. The molecule has 1 rings (SSSR count). The topological polar surface area (TPSA) is 69.6 Å². The summed E-state index contributed by atoms with van der Waals surface area (Å²) in [6, 6.07) is 0.150. The molecule has 0 aromatic carbocycles. The molecule has 5 heteroatoms. The van der Waals surface area contributed by atoms with Crippen molar-refractivity contribution >= 4 is 11.9 Å². The zero-order chi connectivity index (χ0) is 13.7. The molecule has 1 amide bonds. The second-order valence-electron chi connectivity index (χ2n) is 5.60. The van der Waals surface area contributed by atoms with Gasteiger partial charge in [-0.2, -0.15) is 0 Å². The van der Waals surface area contributed by atoms with Gasteiger partial charge in [-0.15, -0.1) is 0 Å². The number of carboxylic acids is 1.